The highest BCUT2D eigenvalue weighted by Crippen LogP contribution is 2.17. The molecule has 0 bridgehead atoms. The van der Waals surface area contributed by atoms with E-state index in [2.05, 4.69) is 24.2 Å². The van der Waals surface area contributed by atoms with Gasteiger partial charge in [-0.25, -0.2) is 4.79 Å². The molecule has 0 fully saturated rings. The monoisotopic (exact) mass is 199 g/mol. The predicted octanol–water partition coefficient (Wildman–Crippen LogP) is 1.54. The first-order valence-electron chi connectivity index (χ1n) is 4.58. The van der Waals surface area contributed by atoms with E-state index in [1.54, 1.807) is 0 Å². The van der Waals surface area contributed by atoms with Crippen molar-refractivity contribution in [1.82, 2.24) is 4.57 Å². The van der Waals surface area contributed by atoms with Crippen molar-refractivity contribution in [2.24, 2.45) is 0 Å². The van der Waals surface area contributed by atoms with Crippen molar-refractivity contribution in [3.05, 3.63) is 11.6 Å². The van der Waals surface area contributed by atoms with E-state index >= 15 is 0 Å². The molecule has 1 N–H and O–H groups in total. The van der Waals surface area contributed by atoms with Crippen LogP contribution >= 0.6 is 0 Å². The summed E-state index contributed by atoms with van der Waals surface area (Å²) in [5.41, 5.74) is 0.564. The molecule has 0 amide bonds. The molecule has 3 nitrogen and oxygen atoms in total. The third kappa shape index (κ3) is 2.67. The number of nitrogens with zero attached hydrogens (tertiary/aromatic N) is 1. The molecule has 1 heterocycles. The van der Waals surface area contributed by atoms with E-state index in [1.807, 2.05) is 6.08 Å². The van der Waals surface area contributed by atoms with Gasteiger partial charge in [-0.2, -0.15) is 0 Å². The Bertz CT molecular complexity index is 242. The van der Waals surface area contributed by atoms with Gasteiger partial charge in [0.2, 0.25) is 0 Å². The lowest BCUT2D eigenvalue weighted by Crippen LogP contribution is -2.49. The molecule has 0 aromatic heterocycles. The number of hydrogen-bond acceptors (Lipinski definition) is 2. The summed E-state index contributed by atoms with van der Waals surface area (Å²) in [6.07, 6.45) is 2.73. The molecule has 1 rings (SSSR count). The quantitative estimate of drug-likeness (QED) is 0.686. The van der Waals surface area contributed by atoms with Crippen molar-refractivity contribution in [3.63, 3.8) is 0 Å². The van der Waals surface area contributed by atoms with Gasteiger partial charge in [-0.1, -0.05) is 25.7 Å². The summed E-state index contributed by atoms with van der Waals surface area (Å²) in [7, 11) is -1.31. The zero-order chi connectivity index (χ0) is 10.1. The maximum absolute atomic E-state index is 10.7. The third-order valence-corrected chi connectivity index (χ3v) is 4.65. The van der Waals surface area contributed by atoms with E-state index in [4.69, 9.17) is 5.11 Å². The molecule has 0 aromatic carbocycles. The minimum absolute atomic E-state index is 0.564. The number of carboxylic acids is 1. The minimum atomic E-state index is -1.31. The molecule has 0 radical (unpaired) electrons. The molecule has 0 aliphatic carbocycles. The van der Waals surface area contributed by atoms with Crippen LogP contribution in [0, 0.1) is 0 Å². The van der Waals surface area contributed by atoms with Crippen molar-refractivity contribution in [1.29, 1.82) is 0 Å². The first-order chi connectivity index (χ1) is 5.91. The topological polar surface area (TPSA) is 40.5 Å². The van der Waals surface area contributed by atoms with Gasteiger partial charge in [0.1, 0.15) is 8.24 Å². The number of carboxylic acid groups (broad SMARTS) is 1. The Balaban J connectivity index is 2.68. The Morgan fingerprint density at radius 1 is 1.54 bits per heavy atom. The Morgan fingerprint density at radius 3 is 2.62 bits per heavy atom. The second kappa shape index (κ2) is 3.63. The average Bonchev–Trinajstić information content (AvgIpc) is 2.03. The number of rotatable bonds is 2. The van der Waals surface area contributed by atoms with Gasteiger partial charge < -0.3 is 9.67 Å². The summed E-state index contributed by atoms with van der Waals surface area (Å²) in [6, 6.07) is 0. The fourth-order valence-corrected chi connectivity index (χ4v) is 2.92. The van der Waals surface area contributed by atoms with Crippen LogP contribution in [-0.4, -0.2) is 37.0 Å². The van der Waals surface area contributed by atoms with Crippen LogP contribution in [-0.2, 0) is 4.79 Å². The van der Waals surface area contributed by atoms with Crippen molar-refractivity contribution in [3.8, 4) is 0 Å². The van der Waals surface area contributed by atoms with Crippen LogP contribution in [0.4, 0.5) is 0 Å². The summed E-state index contributed by atoms with van der Waals surface area (Å²) < 4.78 is 2.33. The summed E-state index contributed by atoms with van der Waals surface area (Å²) in [4.78, 5) is 10.7. The summed E-state index contributed by atoms with van der Waals surface area (Å²) in [5.74, 6) is -0.761. The van der Waals surface area contributed by atoms with Gasteiger partial charge in [0.05, 0.1) is 0 Å². The van der Waals surface area contributed by atoms with Crippen molar-refractivity contribution in [2.45, 2.75) is 26.1 Å². The first-order valence-corrected chi connectivity index (χ1v) is 8.03. The van der Waals surface area contributed by atoms with Crippen LogP contribution in [0.2, 0.25) is 19.6 Å². The summed E-state index contributed by atoms with van der Waals surface area (Å²) >= 11 is 0. The Labute approximate surface area is 80.1 Å². The van der Waals surface area contributed by atoms with E-state index in [-0.39, 0.29) is 0 Å². The van der Waals surface area contributed by atoms with Crippen LogP contribution in [0.1, 0.15) is 6.42 Å². The molecule has 0 saturated carbocycles. The highest BCUT2D eigenvalue weighted by molar-refractivity contribution is 6.73. The first kappa shape index (κ1) is 10.5. The molecule has 1 aliphatic heterocycles. The Kier molecular flexibility index (Phi) is 2.93. The molecule has 0 unspecified atom stereocenters. The van der Waals surface area contributed by atoms with E-state index in [0.29, 0.717) is 12.1 Å². The van der Waals surface area contributed by atoms with Gasteiger partial charge in [0.15, 0.2) is 0 Å². The molecule has 0 spiro atoms. The summed E-state index contributed by atoms with van der Waals surface area (Å²) in [5, 5.41) is 8.84. The standard InChI is InChI=1S/C9H17NO2Si/c1-13(2,3)10-6-4-5-8(7-10)9(11)12/h5H,4,6-7H2,1-3H3,(H,11,12). The van der Waals surface area contributed by atoms with Crippen LogP contribution < -0.4 is 0 Å². The van der Waals surface area contributed by atoms with Crippen LogP contribution in [0.3, 0.4) is 0 Å². The normalized spacial score (nSPS) is 19.8. The van der Waals surface area contributed by atoms with Gasteiger partial charge in [-0.05, 0) is 13.0 Å². The van der Waals surface area contributed by atoms with Crippen LogP contribution in [0.25, 0.3) is 0 Å². The van der Waals surface area contributed by atoms with Crippen molar-refractivity contribution in [2.75, 3.05) is 13.1 Å². The van der Waals surface area contributed by atoms with Gasteiger partial charge in [-0.3, -0.25) is 0 Å². The fourth-order valence-electron chi connectivity index (χ4n) is 1.47. The van der Waals surface area contributed by atoms with Gasteiger partial charge in [-0.15, -0.1) is 0 Å². The van der Waals surface area contributed by atoms with E-state index < -0.39 is 14.2 Å². The maximum atomic E-state index is 10.7. The highest BCUT2D eigenvalue weighted by atomic mass is 28.3. The molecular formula is C9H17NO2Si. The Hall–Kier alpha value is -0.613. The van der Waals surface area contributed by atoms with Gasteiger partial charge in [0, 0.05) is 12.1 Å². The molecule has 4 heteroatoms. The SMILES string of the molecule is C[Si](C)(C)N1CCC=C(C(=O)O)C1. The van der Waals surface area contributed by atoms with Crippen molar-refractivity contribution < 1.29 is 9.90 Å². The molecule has 0 atom stereocenters. The molecule has 13 heavy (non-hydrogen) atoms. The second-order valence-corrected chi connectivity index (χ2v) is 9.39. The largest absolute Gasteiger partial charge is 0.478 e. The van der Waals surface area contributed by atoms with Crippen molar-refractivity contribution >= 4 is 14.2 Å². The van der Waals surface area contributed by atoms with E-state index in [0.717, 1.165) is 13.0 Å². The Morgan fingerprint density at radius 2 is 2.15 bits per heavy atom. The zero-order valence-corrected chi connectivity index (χ0v) is 9.50. The van der Waals surface area contributed by atoms with Gasteiger partial charge in [0.25, 0.3) is 0 Å². The average molecular weight is 199 g/mol. The molecule has 0 saturated heterocycles. The molecule has 0 aromatic rings. The molecule has 74 valence electrons. The van der Waals surface area contributed by atoms with Crippen LogP contribution in [0.5, 0.6) is 0 Å². The minimum Gasteiger partial charge on any atom is -0.478 e. The molecular weight excluding hydrogens is 182 g/mol. The highest BCUT2D eigenvalue weighted by Gasteiger charge is 2.27. The predicted molar refractivity (Wildman–Crippen MR) is 55.3 cm³/mol. The van der Waals surface area contributed by atoms with E-state index in [1.165, 1.54) is 0 Å². The number of hydrogen-bond donors (Lipinski definition) is 1. The lowest BCUT2D eigenvalue weighted by Gasteiger charge is -2.36. The second-order valence-electron chi connectivity index (χ2n) is 4.42. The maximum Gasteiger partial charge on any atom is 0.332 e. The number of carbonyl (C=O) groups is 1. The van der Waals surface area contributed by atoms with E-state index in [9.17, 15) is 4.79 Å². The third-order valence-electron chi connectivity index (χ3n) is 2.37. The lowest BCUT2D eigenvalue weighted by atomic mass is 10.1. The smallest absolute Gasteiger partial charge is 0.332 e. The summed E-state index contributed by atoms with van der Waals surface area (Å²) in [6.45, 7) is 8.39. The number of aliphatic carboxylic acids is 1. The van der Waals surface area contributed by atoms with Gasteiger partial charge >= 0.3 is 5.97 Å². The lowest BCUT2D eigenvalue weighted by molar-refractivity contribution is -0.132. The molecule has 1 aliphatic rings. The zero-order valence-electron chi connectivity index (χ0n) is 8.50. The van der Waals surface area contributed by atoms with Crippen LogP contribution in [0.15, 0.2) is 11.6 Å². The fraction of sp³-hybridized carbons (Fsp3) is 0.667.